The van der Waals surface area contributed by atoms with Crippen LogP contribution in [0.4, 0.5) is 13.2 Å². The second-order valence-corrected chi connectivity index (χ2v) is 3.45. The lowest BCUT2D eigenvalue weighted by Gasteiger charge is -2.32. The van der Waals surface area contributed by atoms with Gasteiger partial charge in [0.2, 0.25) is 5.91 Å². The largest absolute Gasteiger partial charge is 0.457 e. The summed E-state index contributed by atoms with van der Waals surface area (Å²) >= 11 is 0. The van der Waals surface area contributed by atoms with Gasteiger partial charge in [0.25, 0.3) is 0 Å². The lowest BCUT2D eigenvalue weighted by molar-refractivity contribution is -0.168. The first-order valence-electron chi connectivity index (χ1n) is 4.48. The molecule has 0 aromatic carbocycles. The molecule has 0 bridgehead atoms. The van der Waals surface area contributed by atoms with E-state index in [9.17, 15) is 18.0 Å². The lowest BCUT2D eigenvalue weighted by atomic mass is 10.1. The molecule has 14 heavy (non-hydrogen) atoms. The van der Waals surface area contributed by atoms with Crippen molar-refractivity contribution < 1.29 is 18.0 Å². The van der Waals surface area contributed by atoms with Crippen molar-refractivity contribution >= 4 is 5.91 Å². The molecule has 0 spiro atoms. The van der Waals surface area contributed by atoms with Gasteiger partial charge in [-0.2, -0.15) is 13.2 Å². The molecule has 1 atom stereocenters. The highest BCUT2D eigenvalue weighted by Crippen LogP contribution is 2.16. The summed E-state index contributed by atoms with van der Waals surface area (Å²) in [6.45, 7) is 2.08. The zero-order valence-electron chi connectivity index (χ0n) is 7.90. The molecule has 1 rings (SSSR count). The van der Waals surface area contributed by atoms with E-state index in [1.165, 1.54) is 11.8 Å². The summed E-state index contributed by atoms with van der Waals surface area (Å²) in [5.41, 5.74) is 0. The molecule has 1 aliphatic heterocycles. The van der Waals surface area contributed by atoms with Crippen molar-refractivity contribution in [3.63, 3.8) is 0 Å². The van der Waals surface area contributed by atoms with Crippen LogP contribution < -0.4 is 5.32 Å². The fraction of sp³-hybridized carbons (Fsp3) is 0.875. The second-order valence-electron chi connectivity index (χ2n) is 3.45. The van der Waals surface area contributed by atoms with Crippen LogP contribution in [0, 0.1) is 0 Å². The van der Waals surface area contributed by atoms with E-state index in [0.29, 0.717) is 19.4 Å². The monoisotopic (exact) mass is 210 g/mol. The molecule has 0 aromatic heterocycles. The highest BCUT2D eigenvalue weighted by atomic mass is 19.4. The third-order valence-electron chi connectivity index (χ3n) is 2.23. The Kier molecular flexibility index (Phi) is 3.36. The maximum Gasteiger partial charge on any atom is 0.457 e. The predicted octanol–water partition coefficient (Wildman–Crippen LogP) is 1.11. The van der Waals surface area contributed by atoms with Crippen molar-refractivity contribution in [2.45, 2.75) is 32.1 Å². The third kappa shape index (κ3) is 3.53. The van der Waals surface area contributed by atoms with E-state index in [-0.39, 0.29) is 12.5 Å². The van der Waals surface area contributed by atoms with Crippen molar-refractivity contribution in [3.8, 4) is 0 Å². The van der Waals surface area contributed by atoms with Crippen LogP contribution in [-0.2, 0) is 4.79 Å². The van der Waals surface area contributed by atoms with Crippen LogP contribution in [0.1, 0.15) is 19.8 Å². The SMILES string of the molecule is CC(=O)N1CCC[C@@H](NC(F)(F)F)C1. The van der Waals surface area contributed by atoms with Crippen molar-refractivity contribution in [1.29, 1.82) is 0 Å². The maximum atomic E-state index is 12.0. The van der Waals surface area contributed by atoms with E-state index in [1.54, 1.807) is 5.32 Å². The molecule has 0 unspecified atom stereocenters. The van der Waals surface area contributed by atoms with Crippen molar-refractivity contribution in [2.24, 2.45) is 0 Å². The number of piperidine rings is 1. The first-order valence-corrected chi connectivity index (χ1v) is 4.48. The van der Waals surface area contributed by atoms with Gasteiger partial charge in [0, 0.05) is 26.1 Å². The molecule has 1 aliphatic rings. The van der Waals surface area contributed by atoms with Crippen molar-refractivity contribution in [2.75, 3.05) is 13.1 Å². The molecule has 3 nitrogen and oxygen atoms in total. The lowest BCUT2D eigenvalue weighted by Crippen LogP contribution is -2.51. The Balaban J connectivity index is 2.44. The van der Waals surface area contributed by atoms with Crippen LogP contribution in [0.2, 0.25) is 0 Å². The average Bonchev–Trinajstić information content (AvgIpc) is 2.01. The van der Waals surface area contributed by atoms with E-state index in [4.69, 9.17) is 0 Å². The zero-order chi connectivity index (χ0) is 10.8. The number of halogens is 3. The molecule has 0 saturated carbocycles. The van der Waals surface area contributed by atoms with Gasteiger partial charge < -0.3 is 4.90 Å². The number of hydrogen-bond donors (Lipinski definition) is 1. The molecular weight excluding hydrogens is 197 g/mol. The maximum absolute atomic E-state index is 12.0. The average molecular weight is 210 g/mol. The molecule has 1 heterocycles. The molecule has 6 heteroatoms. The summed E-state index contributed by atoms with van der Waals surface area (Å²) in [7, 11) is 0. The van der Waals surface area contributed by atoms with E-state index in [1.807, 2.05) is 0 Å². The number of hydrogen-bond acceptors (Lipinski definition) is 2. The molecule has 0 aromatic rings. The van der Waals surface area contributed by atoms with Crippen LogP contribution in [0.15, 0.2) is 0 Å². The highest BCUT2D eigenvalue weighted by molar-refractivity contribution is 5.73. The molecule has 0 radical (unpaired) electrons. The van der Waals surface area contributed by atoms with E-state index in [0.717, 1.165) is 0 Å². The highest BCUT2D eigenvalue weighted by Gasteiger charge is 2.33. The molecule has 1 fully saturated rings. The first kappa shape index (κ1) is 11.3. The number of amides is 1. The summed E-state index contributed by atoms with van der Waals surface area (Å²) < 4.78 is 35.9. The van der Waals surface area contributed by atoms with Crippen LogP contribution >= 0.6 is 0 Å². The molecule has 0 aliphatic carbocycles. The Morgan fingerprint density at radius 3 is 2.64 bits per heavy atom. The van der Waals surface area contributed by atoms with Gasteiger partial charge in [0.05, 0.1) is 0 Å². The number of rotatable bonds is 1. The van der Waals surface area contributed by atoms with E-state index >= 15 is 0 Å². The molecule has 82 valence electrons. The fourth-order valence-electron chi connectivity index (χ4n) is 1.61. The third-order valence-corrected chi connectivity index (χ3v) is 2.23. The number of carbonyl (C=O) groups excluding carboxylic acids is 1. The first-order chi connectivity index (χ1) is 6.38. The van der Waals surface area contributed by atoms with E-state index in [2.05, 4.69) is 0 Å². The Morgan fingerprint density at radius 2 is 2.14 bits per heavy atom. The van der Waals surface area contributed by atoms with Gasteiger partial charge in [-0.15, -0.1) is 0 Å². The summed E-state index contributed by atoms with van der Waals surface area (Å²) in [6.07, 6.45) is -3.28. The minimum Gasteiger partial charge on any atom is -0.341 e. The summed E-state index contributed by atoms with van der Waals surface area (Å²) in [5.74, 6) is -0.168. The van der Waals surface area contributed by atoms with Crippen LogP contribution in [0.5, 0.6) is 0 Å². The molecule has 1 saturated heterocycles. The Hall–Kier alpha value is -0.780. The number of alkyl halides is 3. The number of likely N-dealkylation sites (tertiary alicyclic amines) is 1. The topological polar surface area (TPSA) is 32.3 Å². The van der Waals surface area contributed by atoms with Crippen LogP contribution in [-0.4, -0.2) is 36.2 Å². The predicted molar refractivity (Wildman–Crippen MR) is 44.5 cm³/mol. The summed E-state index contributed by atoms with van der Waals surface area (Å²) in [6, 6.07) is -0.660. The number of carbonyl (C=O) groups is 1. The van der Waals surface area contributed by atoms with Crippen LogP contribution in [0.3, 0.4) is 0 Å². The van der Waals surface area contributed by atoms with Gasteiger partial charge >= 0.3 is 6.30 Å². The van der Waals surface area contributed by atoms with Crippen molar-refractivity contribution in [3.05, 3.63) is 0 Å². The Morgan fingerprint density at radius 1 is 1.50 bits per heavy atom. The van der Waals surface area contributed by atoms with Gasteiger partial charge in [0.1, 0.15) is 0 Å². The van der Waals surface area contributed by atoms with E-state index < -0.39 is 12.3 Å². The second kappa shape index (κ2) is 4.16. The van der Waals surface area contributed by atoms with Crippen molar-refractivity contribution in [1.82, 2.24) is 10.2 Å². The molecule has 1 N–H and O–H groups in total. The molecule has 1 amide bonds. The Bertz CT molecular complexity index is 217. The van der Waals surface area contributed by atoms with Gasteiger partial charge in [-0.05, 0) is 12.8 Å². The summed E-state index contributed by atoms with van der Waals surface area (Å²) in [5, 5.41) is 1.55. The van der Waals surface area contributed by atoms with Gasteiger partial charge in [-0.3, -0.25) is 4.79 Å². The van der Waals surface area contributed by atoms with Crippen LogP contribution in [0.25, 0.3) is 0 Å². The standard InChI is InChI=1S/C8H13F3N2O/c1-6(14)13-4-2-3-7(5-13)12-8(9,10)11/h7,12H,2-5H2,1H3/t7-/m1/s1. The van der Waals surface area contributed by atoms with Gasteiger partial charge in [-0.25, -0.2) is 5.32 Å². The van der Waals surface area contributed by atoms with Gasteiger partial charge in [-0.1, -0.05) is 0 Å². The fourth-order valence-corrected chi connectivity index (χ4v) is 1.61. The minimum atomic E-state index is -4.36. The zero-order valence-corrected chi connectivity index (χ0v) is 7.90. The number of nitrogens with one attached hydrogen (secondary N) is 1. The Labute approximate surface area is 80.3 Å². The quantitative estimate of drug-likeness (QED) is 0.657. The van der Waals surface area contributed by atoms with Gasteiger partial charge in [0.15, 0.2) is 0 Å². The summed E-state index contributed by atoms with van der Waals surface area (Å²) in [4.78, 5) is 12.4. The number of nitrogens with zero attached hydrogens (tertiary/aromatic N) is 1. The molecular formula is C8H13F3N2O. The normalized spacial score (nSPS) is 23.7. The minimum absolute atomic E-state index is 0.148. The smallest absolute Gasteiger partial charge is 0.341 e.